The number of benzene rings is 3. The molecule has 8 heteroatoms. The van der Waals surface area contributed by atoms with Crippen molar-refractivity contribution in [3.8, 4) is 17.1 Å². The number of hydrogen-bond acceptors (Lipinski definition) is 3. The van der Waals surface area contributed by atoms with E-state index in [-0.39, 0.29) is 12.1 Å². The van der Waals surface area contributed by atoms with Gasteiger partial charge in [0.2, 0.25) is 0 Å². The summed E-state index contributed by atoms with van der Waals surface area (Å²) >= 11 is 6.28. The Bertz CT molecular complexity index is 1400. The van der Waals surface area contributed by atoms with Crippen LogP contribution in [0.25, 0.3) is 22.4 Å². The molecule has 0 radical (unpaired) electrons. The maximum Gasteiger partial charge on any atom is 0.335 e. The van der Waals surface area contributed by atoms with Gasteiger partial charge in [0.15, 0.2) is 11.6 Å². The van der Waals surface area contributed by atoms with Crippen molar-refractivity contribution in [2.45, 2.75) is 32.2 Å². The van der Waals surface area contributed by atoms with E-state index in [1.807, 2.05) is 0 Å². The van der Waals surface area contributed by atoms with E-state index in [9.17, 15) is 18.7 Å². The normalized spacial score (nSPS) is 14.0. The summed E-state index contributed by atoms with van der Waals surface area (Å²) < 4.78 is 36.2. The third kappa shape index (κ3) is 4.86. The second-order valence-electron chi connectivity index (χ2n) is 8.88. The van der Waals surface area contributed by atoms with Crippen LogP contribution in [0.1, 0.15) is 41.6 Å². The first-order valence-electron chi connectivity index (χ1n) is 11.5. The van der Waals surface area contributed by atoms with Gasteiger partial charge in [-0.2, -0.15) is 0 Å². The molecule has 1 aliphatic rings. The van der Waals surface area contributed by atoms with Gasteiger partial charge in [-0.3, -0.25) is 0 Å². The summed E-state index contributed by atoms with van der Waals surface area (Å²) in [6.45, 7) is 0.828. The molecule has 4 aromatic rings. The van der Waals surface area contributed by atoms with Crippen molar-refractivity contribution in [2.75, 3.05) is 6.61 Å². The minimum Gasteiger partial charge on any atom is -0.492 e. The Labute approximate surface area is 205 Å². The maximum atomic E-state index is 14.2. The van der Waals surface area contributed by atoms with Crippen molar-refractivity contribution in [3.05, 3.63) is 82.4 Å². The Kier molecular flexibility index (Phi) is 6.43. The number of fused-ring (bicyclic) bond motifs is 1. The van der Waals surface area contributed by atoms with Crippen LogP contribution in [-0.2, 0) is 6.54 Å². The third-order valence-corrected chi connectivity index (χ3v) is 6.70. The van der Waals surface area contributed by atoms with E-state index in [2.05, 4.69) is 4.98 Å². The summed E-state index contributed by atoms with van der Waals surface area (Å²) in [4.78, 5) is 15.9. The Balaban J connectivity index is 1.60. The lowest BCUT2D eigenvalue weighted by Crippen LogP contribution is -2.09. The molecular weight excluding hydrogens is 474 g/mol. The molecule has 1 heterocycles. The molecule has 1 aromatic heterocycles. The number of aromatic nitrogens is 2. The van der Waals surface area contributed by atoms with Crippen LogP contribution in [0.4, 0.5) is 8.78 Å². The van der Waals surface area contributed by atoms with E-state index in [4.69, 9.17) is 16.3 Å². The molecule has 1 aliphatic carbocycles. The number of hydrogen-bond donors (Lipinski definition) is 1. The molecule has 3 aromatic carbocycles. The maximum absolute atomic E-state index is 14.2. The SMILES string of the molecule is O=C(O)c1ccc(Cn2c(-c3ccc(Cl)cc3OCC3CCCC3)nc3cc(F)c(F)cc32)cc1. The van der Waals surface area contributed by atoms with Gasteiger partial charge in [-0.25, -0.2) is 18.6 Å². The van der Waals surface area contributed by atoms with E-state index >= 15 is 0 Å². The smallest absolute Gasteiger partial charge is 0.335 e. The van der Waals surface area contributed by atoms with E-state index in [1.165, 1.54) is 25.0 Å². The van der Waals surface area contributed by atoms with Gasteiger partial charge in [-0.15, -0.1) is 0 Å². The Morgan fingerprint density at radius 2 is 1.77 bits per heavy atom. The molecule has 180 valence electrons. The Morgan fingerprint density at radius 1 is 1.06 bits per heavy atom. The molecule has 0 spiro atoms. The van der Waals surface area contributed by atoms with Gasteiger partial charge in [0.05, 0.1) is 28.8 Å². The third-order valence-electron chi connectivity index (χ3n) is 6.47. The largest absolute Gasteiger partial charge is 0.492 e. The van der Waals surface area contributed by atoms with Gasteiger partial charge >= 0.3 is 5.97 Å². The molecule has 0 saturated heterocycles. The summed E-state index contributed by atoms with van der Waals surface area (Å²) in [7, 11) is 0. The first-order chi connectivity index (χ1) is 16.9. The molecule has 1 N–H and O–H groups in total. The zero-order chi connectivity index (χ0) is 24.5. The summed E-state index contributed by atoms with van der Waals surface area (Å²) in [6, 6.07) is 13.9. The summed E-state index contributed by atoms with van der Waals surface area (Å²) in [5.41, 5.74) is 2.32. The van der Waals surface area contributed by atoms with E-state index in [0.29, 0.717) is 45.7 Å². The molecule has 0 aliphatic heterocycles. The van der Waals surface area contributed by atoms with Gasteiger partial charge in [0.25, 0.3) is 0 Å². The highest BCUT2D eigenvalue weighted by atomic mass is 35.5. The lowest BCUT2D eigenvalue weighted by molar-refractivity contribution is 0.0697. The lowest BCUT2D eigenvalue weighted by atomic mass is 10.1. The number of halogens is 3. The lowest BCUT2D eigenvalue weighted by Gasteiger charge is -2.16. The van der Waals surface area contributed by atoms with Crippen LogP contribution in [0.5, 0.6) is 5.75 Å². The van der Waals surface area contributed by atoms with Gasteiger partial charge in [-0.05, 0) is 54.7 Å². The number of ether oxygens (including phenoxy) is 1. The van der Waals surface area contributed by atoms with Gasteiger partial charge in [0, 0.05) is 23.7 Å². The summed E-state index contributed by atoms with van der Waals surface area (Å²) in [6.07, 6.45) is 4.65. The summed E-state index contributed by atoms with van der Waals surface area (Å²) in [5.74, 6) is -1.45. The van der Waals surface area contributed by atoms with Crippen LogP contribution < -0.4 is 4.74 Å². The molecule has 5 rings (SSSR count). The fourth-order valence-electron chi connectivity index (χ4n) is 4.61. The average molecular weight is 497 g/mol. The standard InChI is InChI=1S/C27H23ClF2N2O3/c28-19-9-10-20(25(11-19)35-15-17-3-1-2-4-17)26-31-23-12-21(29)22(30)13-24(23)32(26)14-16-5-7-18(8-6-16)27(33)34/h5-13,17H,1-4,14-15H2,(H,33,34). The molecule has 1 fully saturated rings. The van der Waals surface area contributed by atoms with Gasteiger partial charge in [-0.1, -0.05) is 36.6 Å². The zero-order valence-electron chi connectivity index (χ0n) is 18.8. The molecule has 0 amide bonds. The fraction of sp³-hybridized carbons (Fsp3) is 0.259. The number of carbonyl (C=O) groups is 1. The van der Waals surface area contributed by atoms with Crippen LogP contribution in [0.15, 0.2) is 54.6 Å². The Hall–Kier alpha value is -3.45. The number of aromatic carboxylic acids is 1. The molecule has 0 bridgehead atoms. The van der Waals surface area contributed by atoms with Crippen molar-refractivity contribution >= 4 is 28.6 Å². The van der Waals surface area contributed by atoms with E-state index in [1.54, 1.807) is 34.9 Å². The van der Waals surface area contributed by atoms with Crippen molar-refractivity contribution in [2.24, 2.45) is 5.92 Å². The molecule has 1 saturated carbocycles. The molecular formula is C27H23ClF2N2O3. The number of imidazole rings is 1. The van der Waals surface area contributed by atoms with Crippen LogP contribution in [-0.4, -0.2) is 27.2 Å². The van der Waals surface area contributed by atoms with E-state index < -0.39 is 17.6 Å². The fourth-order valence-corrected chi connectivity index (χ4v) is 4.77. The highest BCUT2D eigenvalue weighted by Gasteiger charge is 2.21. The van der Waals surface area contributed by atoms with Crippen molar-refractivity contribution in [1.82, 2.24) is 9.55 Å². The topological polar surface area (TPSA) is 64.3 Å². The van der Waals surface area contributed by atoms with Crippen LogP contribution in [0, 0.1) is 17.6 Å². The predicted molar refractivity (Wildman–Crippen MR) is 130 cm³/mol. The minimum absolute atomic E-state index is 0.165. The quantitative estimate of drug-likeness (QED) is 0.300. The van der Waals surface area contributed by atoms with Gasteiger partial charge < -0.3 is 14.4 Å². The van der Waals surface area contributed by atoms with Crippen molar-refractivity contribution in [3.63, 3.8) is 0 Å². The number of carboxylic acid groups (broad SMARTS) is 1. The molecule has 0 unspecified atom stereocenters. The van der Waals surface area contributed by atoms with Crippen LogP contribution >= 0.6 is 11.6 Å². The predicted octanol–water partition coefficient (Wildman–Crippen LogP) is 6.95. The molecule has 0 atom stereocenters. The van der Waals surface area contributed by atoms with Crippen molar-refractivity contribution < 1.29 is 23.4 Å². The first-order valence-corrected chi connectivity index (χ1v) is 11.9. The zero-order valence-corrected chi connectivity index (χ0v) is 19.6. The summed E-state index contributed by atoms with van der Waals surface area (Å²) in [5, 5.41) is 9.70. The average Bonchev–Trinajstić information content (AvgIpc) is 3.47. The number of rotatable bonds is 7. The minimum atomic E-state index is -1.02. The second-order valence-corrected chi connectivity index (χ2v) is 9.32. The number of nitrogens with zero attached hydrogens (tertiary/aromatic N) is 2. The number of carboxylic acids is 1. The Morgan fingerprint density at radius 3 is 2.49 bits per heavy atom. The molecule has 5 nitrogen and oxygen atoms in total. The van der Waals surface area contributed by atoms with Crippen LogP contribution in [0.3, 0.4) is 0 Å². The second kappa shape index (κ2) is 9.66. The first kappa shape index (κ1) is 23.3. The highest BCUT2D eigenvalue weighted by Crippen LogP contribution is 2.36. The van der Waals surface area contributed by atoms with Crippen molar-refractivity contribution in [1.29, 1.82) is 0 Å². The monoisotopic (exact) mass is 496 g/mol. The highest BCUT2D eigenvalue weighted by molar-refractivity contribution is 6.30. The van der Waals surface area contributed by atoms with Gasteiger partial charge in [0.1, 0.15) is 11.6 Å². The van der Waals surface area contributed by atoms with Crippen LogP contribution in [0.2, 0.25) is 5.02 Å². The molecule has 35 heavy (non-hydrogen) atoms. The van der Waals surface area contributed by atoms with E-state index in [0.717, 1.165) is 30.5 Å².